The van der Waals surface area contributed by atoms with E-state index in [9.17, 15) is 30.6 Å². The number of hydrogen-bond donors (Lipinski definition) is 6. The number of hydrogen-bond acceptors (Lipinski definition) is 13. The summed E-state index contributed by atoms with van der Waals surface area (Å²) in [6, 6.07) is 0. The Hall–Kier alpha value is -1.11. The van der Waals surface area contributed by atoms with Crippen molar-refractivity contribution in [2.24, 2.45) is 11.8 Å². The summed E-state index contributed by atoms with van der Waals surface area (Å²) in [5.74, 6) is -1.20. The summed E-state index contributed by atoms with van der Waals surface area (Å²) in [5, 5.41) is 60.9. The molecular formula is C26H48ClNO13. The van der Waals surface area contributed by atoms with E-state index in [0.29, 0.717) is 0 Å². The fourth-order valence-corrected chi connectivity index (χ4v) is 5.57. The topological polar surface area (TPSA) is 186 Å². The van der Waals surface area contributed by atoms with Crippen LogP contribution in [0.2, 0.25) is 0 Å². The maximum absolute atomic E-state index is 10.9. The third-order valence-electron chi connectivity index (χ3n) is 7.53. The van der Waals surface area contributed by atoms with Crippen molar-refractivity contribution < 1.29 is 80.7 Å². The van der Waals surface area contributed by atoms with Gasteiger partial charge >= 0.3 is 0 Å². The van der Waals surface area contributed by atoms with Gasteiger partial charge in [0.15, 0.2) is 13.6 Å². The average Bonchev–Trinajstić information content (AvgIpc) is 3.44. The van der Waals surface area contributed by atoms with Gasteiger partial charge in [0.2, 0.25) is 0 Å². The zero-order chi connectivity index (χ0) is 29.4. The monoisotopic (exact) mass is 617 g/mol. The van der Waals surface area contributed by atoms with Crippen molar-refractivity contribution in [1.82, 2.24) is 0 Å². The first-order valence-corrected chi connectivity index (χ1v) is 13.5. The van der Waals surface area contributed by atoms with E-state index in [-0.39, 0.29) is 116 Å². The molecule has 2 saturated heterocycles. The highest BCUT2D eigenvalue weighted by Crippen LogP contribution is 2.43. The van der Waals surface area contributed by atoms with Crippen LogP contribution in [0.5, 0.6) is 0 Å². The summed E-state index contributed by atoms with van der Waals surface area (Å²) in [6.45, 7) is 6.92. The number of nitrogens with zero attached hydrogens (tertiary/aromatic N) is 1. The highest BCUT2D eigenvalue weighted by molar-refractivity contribution is 5.07. The molecule has 6 N–H and O–H groups in total. The van der Waals surface area contributed by atoms with Gasteiger partial charge in [-0.15, -0.1) is 0 Å². The Morgan fingerprint density at radius 2 is 1.46 bits per heavy atom. The van der Waals surface area contributed by atoms with E-state index in [1.807, 2.05) is 0 Å². The molecule has 15 heteroatoms. The van der Waals surface area contributed by atoms with E-state index in [1.54, 1.807) is 0 Å². The predicted octanol–water partition coefficient (Wildman–Crippen LogP) is -5.45. The second-order valence-electron chi connectivity index (χ2n) is 10.1. The summed E-state index contributed by atoms with van der Waals surface area (Å²) in [6.07, 6.45) is -1.11. The van der Waals surface area contributed by atoms with E-state index in [0.717, 1.165) is 0 Å². The molecule has 242 valence electrons. The predicted molar refractivity (Wildman–Crippen MR) is 139 cm³/mol. The van der Waals surface area contributed by atoms with Crippen LogP contribution in [0.25, 0.3) is 0 Å². The minimum absolute atomic E-state index is 0. The van der Waals surface area contributed by atoms with Crippen molar-refractivity contribution in [2.75, 3.05) is 99.2 Å². The van der Waals surface area contributed by atoms with Crippen molar-refractivity contribution >= 4 is 0 Å². The average molecular weight is 618 g/mol. The number of quaternary nitrogens is 1. The fourth-order valence-electron chi connectivity index (χ4n) is 5.57. The summed E-state index contributed by atoms with van der Waals surface area (Å²) in [7, 11) is 0. The summed E-state index contributed by atoms with van der Waals surface area (Å²) in [4.78, 5) is 0. The molecule has 0 aromatic rings. The third kappa shape index (κ3) is 10.8. The summed E-state index contributed by atoms with van der Waals surface area (Å²) >= 11 is 0. The van der Waals surface area contributed by atoms with Gasteiger partial charge in [-0.05, 0) is 0 Å². The lowest BCUT2D eigenvalue weighted by Gasteiger charge is -2.42. The molecule has 0 bridgehead atoms. The maximum atomic E-state index is 10.9. The van der Waals surface area contributed by atoms with Crippen molar-refractivity contribution in [3.8, 4) is 0 Å². The number of aliphatic hydroxyl groups is 6. The molecule has 0 aromatic carbocycles. The van der Waals surface area contributed by atoms with E-state index in [1.165, 1.54) is 12.5 Å². The highest BCUT2D eigenvalue weighted by atomic mass is 35.5. The maximum Gasteiger partial charge on any atom is 0.188 e. The lowest BCUT2D eigenvalue weighted by atomic mass is 9.77. The van der Waals surface area contributed by atoms with Crippen LogP contribution in [-0.4, -0.2) is 164 Å². The van der Waals surface area contributed by atoms with Crippen molar-refractivity contribution in [3.05, 3.63) is 25.7 Å². The Balaban J connectivity index is 0.00000840. The largest absolute Gasteiger partial charge is 1.00 e. The molecule has 0 aliphatic carbocycles. The van der Waals surface area contributed by atoms with Crippen LogP contribution < -0.4 is 12.4 Å². The van der Waals surface area contributed by atoms with Gasteiger partial charge in [-0.25, -0.2) is 0 Å². The van der Waals surface area contributed by atoms with Crippen LogP contribution >= 0.6 is 0 Å². The minimum Gasteiger partial charge on any atom is -1.00 e. The van der Waals surface area contributed by atoms with Crippen LogP contribution in [0, 0.1) is 11.8 Å². The van der Waals surface area contributed by atoms with Crippen LogP contribution in [0.4, 0.5) is 0 Å². The molecule has 0 amide bonds. The molecule has 0 aromatic heterocycles. The zero-order valence-corrected chi connectivity index (χ0v) is 24.3. The van der Waals surface area contributed by atoms with E-state index < -0.39 is 41.9 Å². The van der Waals surface area contributed by atoms with E-state index >= 15 is 0 Å². The van der Waals surface area contributed by atoms with Crippen molar-refractivity contribution in [2.45, 2.75) is 30.0 Å². The second-order valence-corrected chi connectivity index (χ2v) is 10.1. The normalized spacial score (nSPS) is 28.7. The molecule has 2 heterocycles. The van der Waals surface area contributed by atoms with Crippen LogP contribution in [-0.2, 0) is 33.2 Å². The number of ether oxygens (including phenoxy) is 7. The smallest absolute Gasteiger partial charge is 0.188 e. The minimum atomic E-state index is -1.27. The summed E-state index contributed by atoms with van der Waals surface area (Å²) in [5.41, 5.74) is -1.27. The molecule has 41 heavy (non-hydrogen) atoms. The van der Waals surface area contributed by atoms with Gasteiger partial charge < -0.3 is 80.7 Å². The quantitative estimate of drug-likeness (QED) is 0.0276. The van der Waals surface area contributed by atoms with Gasteiger partial charge in [-0.2, -0.15) is 0 Å². The summed E-state index contributed by atoms with van der Waals surface area (Å²) < 4.78 is 39.5. The van der Waals surface area contributed by atoms with Gasteiger partial charge in [0.1, 0.15) is 37.9 Å². The van der Waals surface area contributed by atoms with E-state index in [2.05, 4.69) is 13.2 Å². The molecule has 7 unspecified atom stereocenters. The number of halogens is 1. The second kappa shape index (κ2) is 20.0. The van der Waals surface area contributed by atoms with E-state index in [4.69, 9.17) is 33.2 Å². The van der Waals surface area contributed by atoms with Crippen molar-refractivity contribution in [3.63, 3.8) is 0 Å². The molecule has 2 rings (SSSR count). The molecule has 2 aliphatic heterocycles. The van der Waals surface area contributed by atoms with Crippen LogP contribution in [0.1, 0.15) is 0 Å². The van der Waals surface area contributed by atoms with Gasteiger partial charge in [0, 0.05) is 11.8 Å². The Morgan fingerprint density at radius 3 is 2.02 bits per heavy atom. The molecule has 0 radical (unpaired) electrons. The molecule has 2 fully saturated rings. The molecular weight excluding hydrogens is 570 g/mol. The van der Waals surface area contributed by atoms with Gasteiger partial charge in [-0.1, -0.05) is 13.2 Å². The number of rotatable bonds is 23. The first-order chi connectivity index (χ1) is 19.3. The Bertz CT molecular complexity index is 706. The van der Waals surface area contributed by atoms with Gasteiger partial charge in [0.25, 0.3) is 0 Å². The first-order valence-electron chi connectivity index (χ1n) is 13.5. The van der Waals surface area contributed by atoms with Gasteiger partial charge in [-0.3, -0.25) is 0 Å². The van der Waals surface area contributed by atoms with Gasteiger partial charge in [0.05, 0.1) is 90.3 Å². The van der Waals surface area contributed by atoms with Crippen molar-refractivity contribution in [1.29, 1.82) is 0 Å². The zero-order valence-electron chi connectivity index (χ0n) is 23.5. The lowest BCUT2D eigenvalue weighted by molar-refractivity contribution is -0.931. The number of aliphatic hydroxyl groups excluding tert-OH is 6. The fraction of sp³-hybridized carbons (Fsp3) is 0.846. The molecule has 2 aliphatic rings. The molecule has 14 nitrogen and oxygen atoms in total. The Kier molecular flexibility index (Phi) is 18.5. The standard InChI is InChI=1S/C26H48NO13.ClH/c1-3-34-18-37-13-21-23(32)15-39-25(21)26(22(24(33)16-40-26)14-38-19-35-4-2)17-36-12-20(31)11-27(5-8-28,6-9-29)7-10-30;/h3-4,20-25,28-33H,1-2,5-19H2;1H/q+1;/p-1. The first kappa shape index (κ1) is 37.9. The molecule has 7 atom stereocenters. The van der Waals surface area contributed by atoms with Crippen LogP contribution in [0.15, 0.2) is 25.7 Å². The molecule has 0 spiro atoms. The Morgan fingerprint density at radius 1 is 0.878 bits per heavy atom. The van der Waals surface area contributed by atoms with Crippen LogP contribution in [0.3, 0.4) is 0 Å². The Labute approximate surface area is 247 Å². The lowest BCUT2D eigenvalue weighted by Crippen LogP contribution is -3.00. The third-order valence-corrected chi connectivity index (χ3v) is 7.53. The molecule has 0 saturated carbocycles. The SMILES string of the molecule is C=COCOCC1C(O)COC1C1(COCC(O)C[N+](CCO)(CCO)CCO)OCC(O)C1COCOC=C.[Cl-]. The highest BCUT2D eigenvalue weighted by Gasteiger charge is 2.60.